The van der Waals surface area contributed by atoms with Crippen molar-refractivity contribution in [1.29, 1.82) is 0 Å². The molecule has 0 radical (unpaired) electrons. The Morgan fingerprint density at radius 2 is 0.920 bits per heavy atom. The van der Waals surface area contributed by atoms with Gasteiger partial charge in [0.15, 0.2) is 0 Å². The smallest absolute Gasteiger partial charge is 0.0276 e. The predicted molar refractivity (Wildman–Crippen MR) is 117 cm³/mol. The van der Waals surface area contributed by atoms with Gasteiger partial charge in [-0.05, 0) is 92.9 Å². The first-order chi connectivity index (χ1) is 11.8. The van der Waals surface area contributed by atoms with Crippen molar-refractivity contribution in [1.82, 2.24) is 0 Å². The molecule has 0 fully saturated rings. The molecule has 0 rings (SSSR count). The quantitative estimate of drug-likeness (QED) is 0.251. The summed E-state index contributed by atoms with van der Waals surface area (Å²) in [6, 6.07) is 0. The largest absolute Gasteiger partial charge is 0.298 e. The third-order valence-electron chi connectivity index (χ3n) is 4.53. The fourth-order valence-electron chi connectivity index (χ4n) is 2.63. The molecule has 0 N–H and O–H groups in total. The first kappa shape index (κ1) is 23.6. The van der Waals surface area contributed by atoms with Gasteiger partial charge in [-0.2, -0.15) is 0 Å². The molecule has 0 aliphatic carbocycles. The topological polar surface area (TPSA) is 12.4 Å². The van der Waals surface area contributed by atoms with Crippen LogP contribution in [-0.2, 0) is 0 Å². The lowest BCUT2D eigenvalue weighted by Crippen LogP contribution is -1.89. The van der Waals surface area contributed by atoms with E-state index in [-0.39, 0.29) is 0 Å². The lowest BCUT2D eigenvalue weighted by atomic mass is 10.0. The molecule has 0 aromatic carbocycles. The van der Waals surface area contributed by atoms with Crippen LogP contribution in [0.3, 0.4) is 0 Å². The molecule has 1 heteroatoms. The second-order valence-corrected chi connectivity index (χ2v) is 7.55. The van der Waals surface area contributed by atoms with Crippen LogP contribution >= 0.6 is 0 Å². The van der Waals surface area contributed by atoms with E-state index in [1.54, 1.807) is 0 Å². The van der Waals surface area contributed by atoms with Crippen molar-refractivity contribution in [2.45, 2.75) is 92.9 Å². The van der Waals surface area contributed by atoms with Gasteiger partial charge in [0, 0.05) is 12.8 Å². The summed E-state index contributed by atoms with van der Waals surface area (Å²) in [4.78, 5) is 4.21. The lowest BCUT2D eigenvalue weighted by molar-refractivity contribution is 0.896. The second kappa shape index (κ2) is 14.9. The molecule has 0 atom stereocenters. The van der Waals surface area contributed by atoms with Crippen LogP contribution in [0.5, 0.6) is 0 Å². The van der Waals surface area contributed by atoms with Crippen LogP contribution in [0.1, 0.15) is 92.9 Å². The monoisotopic (exact) mass is 343 g/mol. The van der Waals surface area contributed by atoms with Gasteiger partial charge in [-0.1, -0.05) is 46.6 Å². The summed E-state index contributed by atoms with van der Waals surface area (Å²) in [5.41, 5.74) is 7.21. The van der Waals surface area contributed by atoms with E-state index >= 15 is 0 Å². The third-order valence-corrected chi connectivity index (χ3v) is 4.53. The fourth-order valence-corrected chi connectivity index (χ4v) is 2.63. The molecule has 0 aromatic heterocycles. The first-order valence-electron chi connectivity index (χ1n) is 9.87. The van der Waals surface area contributed by atoms with E-state index in [9.17, 15) is 0 Å². The van der Waals surface area contributed by atoms with Crippen molar-refractivity contribution in [3.63, 3.8) is 0 Å². The van der Waals surface area contributed by atoms with Gasteiger partial charge in [0.2, 0.25) is 0 Å². The highest BCUT2D eigenvalue weighted by molar-refractivity contribution is 5.81. The number of hydrogen-bond donors (Lipinski definition) is 0. The summed E-state index contributed by atoms with van der Waals surface area (Å²) in [5, 5.41) is 0. The molecule has 0 saturated carbocycles. The Labute approximate surface area is 157 Å². The Bertz CT molecular complexity index is 508. The molecular weight excluding hydrogens is 302 g/mol. The Morgan fingerprint density at radius 1 is 0.560 bits per heavy atom. The summed E-state index contributed by atoms with van der Waals surface area (Å²) in [7, 11) is 1.87. The number of aliphatic imine (C=N–C) groups is 1. The van der Waals surface area contributed by atoms with Gasteiger partial charge in [-0.3, -0.25) is 4.99 Å². The Balaban J connectivity index is 4.01. The first-order valence-corrected chi connectivity index (χ1v) is 9.87. The Kier molecular flexibility index (Phi) is 14.1. The van der Waals surface area contributed by atoms with E-state index < -0.39 is 0 Å². The minimum atomic E-state index is 1.09. The molecule has 0 aliphatic rings. The average Bonchev–Trinajstić information content (AvgIpc) is 2.54. The molecular formula is C24H41N. The molecule has 0 bridgehead atoms. The number of allylic oxidation sites excluding steroid dienone is 8. The predicted octanol–water partition coefficient (Wildman–Crippen LogP) is 8.00. The number of hydrogen-bond acceptors (Lipinski definition) is 1. The van der Waals surface area contributed by atoms with Crippen molar-refractivity contribution in [3.05, 3.63) is 46.6 Å². The number of nitrogens with zero attached hydrogens (tertiary/aromatic N) is 1. The molecule has 1 nitrogen and oxygen atoms in total. The SMILES string of the molecule is CN=C(C)CC/C=C(\C)CC/C=C(\C)CC/C=C(\C)CCC=C(C)C. The van der Waals surface area contributed by atoms with Gasteiger partial charge in [0.1, 0.15) is 0 Å². The zero-order valence-electron chi connectivity index (χ0n) is 17.9. The van der Waals surface area contributed by atoms with Crippen LogP contribution in [0.2, 0.25) is 0 Å². The van der Waals surface area contributed by atoms with Gasteiger partial charge in [-0.15, -0.1) is 0 Å². The van der Waals surface area contributed by atoms with Crippen LogP contribution in [0.4, 0.5) is 0 Å². The van der Waals surface area contributed by atoms with Crippen molar-refractivity contribution in [2.75, 3.05) is 7.05 Å². The molecule has 0 aliphatic heterocycles. The van der Waals surface area contributed by atoms with Crippen LogP contribution in [0.25, 0.3) is 0 Å². The Hall–Kier alpha value is -1.37. The van der Waals surface area contributed by atoms with Gasteiger partial charge in [-0.25, -0.2) is 0 Å². The summed E-state index contributed by atoms with van der Waals surface area (Å²) >= 11 is 0. The van der Waals surface area contributed by atoms with E-state index in [0.29, 0.717) is 0 Å². The summed E-state index contributed by atoms with van der Waals surface area (Å²) in [6.45, 7) is 13.2. The van der Waals surface area contributed by atoms with Crippen LogP contribution < -0.4 is 0 Å². The van der Waals surface area contributed by atoms with Crippen molar-refractivity contribution in [3.8, 4) is 0 Å². The molecule has 0 unspecified atom stereocenters. The highest BCUT2D eigenvalue weighted by Crippen LogP contribution is 2.14. The maximum absolute atomic E-state index is 4.21. The van der Waals surface area contributed by atoms with E-state index in [1.807, 2.05) is 7.05 Å². The standard InChI is InChI=1S/C24H41N/c1-20(2)12-8-13-21(3)14-9-15-22(4)16-10-17-23(5)18-11-19-24(6)25-7/h12,14,16,18H,8-11,13,15,17,19H2,1-7H3/b21-14+,22-16+,23-18+,25-24?. The number of rotatable bonds is 12. The minimum absolute atomic E-state index is 1.09. The van der Waals surface area contributed by atoms with E-state index in [4.69, 9.17) is 0 Å². The molecule has 0 heterocycles. The molecule has 142 valence electrons. The highest BCUT2D eigenvalue weighted by Gasteiger charge is 1.94. The average molecular weight is 344 g/mol. The van der Waals surface area contributed by atoms with Crippen LogP contribution in [-0.4, -0.2) is 12.8 Å². The zero-order chi connectivity index (χ0) is 19.1. The van der Waals surface area contributed by atoms with Gasteiger partial charge in [0.05, 0.1) is 0 Å². The highest BCUT2D eigenvalue weighted by atomic mass is 14.7. The molecule has 0 aromatic rings. The van der Waals surface area contributed by atoms with Crippen LogP contribution in [0, 0.1) is 0 Å². The van der Waals surface area contributed by atoms with E-state index in [2.05, 4.69) is 70.8 Å². The molecule has 25 heavy (non-hydrogen) atoms. The maximum atomic E-state index is 4.21. The molecule has 0 amide bonds. The third kappa shape index (κ3) is 15.9. The maximum Gasteiger partial charge on any atom is 0.0276 e. The minimum Gasteiger partial charge on any atom is -0.298 e. The van der Waals surface area contributed by atoms with Crippen molar-refractivity contribution < 1.29 is 0 Å². The van der Waals surface area contributed by atoms with E-state index in [0.717, 1.165) is 19.3 Å². The van der Waals surface area contributed by atoms with Crippen molar-refractivity contribution in [2.24, 2.45) is 4.99 Å². The van der Waals surface area contributed by atoms with Crippen LogP contribution in [0.15, 0.2) is 51.6 Å². The van der Waals surface area contributed by atoms with E-state index in [1.165, 1.54) is 60.1 Å². The lowest BCUT2D eigenvalue weighted by Gasteiger charge is -2.03. The normalized spacial score (nSPS) is 14.0. The molecule has 0 spiro atoms. The fraction of sp³-hybridized carbons (Fsp3) is 0.625. The summed E-state index contributed by atoms with van der Waals surface area (Å²) in [6.07, 6.45) is 18.8. The van der Waals surface area contributed by atoms with Gasteiger partial charge < -0.3 is 0 Å². The molecule has 0 saturated heterocycles. The summed E-state index contributed by atoms with van der Waals surface area (Å²) in [5.74, 6) is 0. The van der Waals surface area contributed by atoms with Crippen molar-refractivity contribution >= 4 is 5.71 Å². The Morgan fingerprint density at radius 3 is 1.28 bits per heavy atom. The van der Waals surface area contributed by atoms with Gasteiger partial charge >= 0.3 is 0 Å². The second-order valence-electron chi connectivity index (χ2n) is 7.55. The zero-order valence-corrected chi connectivity index (χ0v) is 17.9. The summed E-state index contributed by atoms with van der Waals surface area (Å²) < 4.78 is 0. The van der Waals surface area contributed by atoms with Gasteiger partial charge in [0.25, 0.3) is 0 Å².